The van der Waals surface area contributed by atoms with E-state index in [4.69, 9.17) is 5.84 Å². The number of aromatic nitrogens is 2. The molecule has 0 spiro atoms. The number of hydrogen-bond donors (Lipinski definition) is 3. The molecule has 9 heteroatoms. The zero-order valence-corrected chi connectivity index (χ0v) is 9.90. The average Bonchev–Trinajstić information content (AvgIpc) is 2.75. The largest absolute Gasteiger partial charge is 0.390 e. The van der Waals surface area contributed by atoms with Gasteiger partial charge >= 0.3 is 6.18 Å². The topological polar surface area (TPSA) is 75.9 Å². The molecule has 0 saturated heterocycles. The van der Waals surface area contributed by atoms with Crippen molar-refractivity contribution in [2.75, 3.05) is 17.3 Å². The molecule has 2 aromatic heterocycles. The first-order valence-corrected chi connectivity index (χ1v) is 5.90. The van der Waals surface area contributed by atoms with E-state index in [0.29, 0.717) is 16.0 Å². The van der Waals surface area contributed by atoms with Crippen LogP contribution in [0.3, 0.4) is 0 Å². The number of fused-ring (bicyclic) bond motifs is 1. The monoisotopic (exact) mass is 277 g/mol. The van der Waals surface area contributed by atoms with Crippen molar-refractivity contribution in [3.8, 4) is 0 Å². The third-order valence-corrected chi connectivity index (χ3v) is 2.96. The minimum Gasteiger partial charge on any atom is -0.369 e. The lowest BCUT2D eigenvalue weighted by atomic mass is 10.3. The number of nitrogens with zero attached hydrogens (tertiary/aromatic N) is 2. The highest BCUT2D eigenvalue weighted by Gasteiger charge is 2.26. The molecule has 0 bridgehead atoms. The van der Waals surface area contributed by atoms with Gasteiger partial charge in [0.2, 0.25) is 5.95 Å². The van der Waals surface area contributed by atoms with Gasteiger partial charge in [0.25, 0.3) is 0 Å². The predicted octanol–water partition coefficient (Wildman–Crippen LogP) is 2.34. The molecule has 4 N–H and O–H groups in total. The number of alkyl halides is 3. The van der Waals surface area contributed by atoms with E-state index in [2.05, 4.69) is 20.7 Å². The predicted molar refractivity (Wildman–Crippen MR) is 64.4 cm³/mol. The van der Waals surface area contributed by atoms with Crippen molar-refractivity contribution in [2.24, 2.45) is 5.84 Å². The molecule has 2 aromatic rings. The minimum absolute atomic E-state index is 0.166. The third-order valence-electron chi connectivity index (χ3n) is 2.16. The normalized spacial score (nSPS) is 11.8. The smallest absolute Gasteiger partial charge is 0.369 e. The van der Waals surface area contributed by atoms with Crippen molar-refractivity contribution in [3.05, 3.63) is 11.4 Å². The number of nitrogen functional groups attached to an aromatic ring is 1. The first kappa shape index (κ1) is 12.8. The molecule has 0 fully saturated rings. The second kappa shape index (κ2) is 4.94. The molecule has 98 valence electrons. The Hall–Kier alpha value is -1.61. The molecule has 0 radical (unpaired) electrons. The van der Waals surface area contributed by atoms with Crippen LogP contribution in [-0.2, 0) is 0 Å². The Bertz CT molecular complexity index is 538. The SMILES string of the molecule is NNc1nc(NCCC(F)(F)F)c2ccsc2n1. The fourth-order valence-corrected chi connectivity index (χ4v) is 2.14. The van der Waals surface area contributed by atoms with Gasteiger partial charge < -0.3 is 5.32 Å². The molecule has 2 heterocycles. The Kier molecular flexibility index (Phi) is 3.53. The fraction of sp³-hybridized carbons (Fsp3) is 0.333. The highest BCUT2D eigenvalue weighted by Crippen LogP contribution is 2.27. The summed E-state index contributed by atoms with van der Waals surface area (Å²) in [6.07, 6.45) is -5.11. The fourth-order valence-electron chi connectivity index (χ4n) is 1.38. The first-order valence-electron chi connectivity index (χ1n) is 5.02. The molecule has 0 aliphatic carbocycles. The number of hydrogen-bond acceptors (Lipinski definition) is 6. The highest BCUT2D eigenvalue weighted by molar-refractivity contribution is 7.16. The van der Waals surface area contributed by atoms with Crippen LogP contribution in [0.15, 0.2) is 11.4 Å². The molecular weight excluding hydrogens is 267 g/mol. The molecule has 0 aliphatic heterocycles. The van der Waals surface area contributed by atoms with Gasteiger partial charge in [0.15, 0.2) is 0 Å². The Morgan fingerprint density at radius 3 is 2.78 bits per heavy atom. The third kappa shape index (κ3) is 2.99. The molecule has 0 aliphatic rings. The Morgan fingerprint density at radius 1 is 1.33 bits per heavy atom. The van der Waals surface area contributed by atoms with E-state index < -0.39 is 12.6 Å². The zero-order valence-electron chi connectivity index (χ0n) is 9.08. The van der Waals surface area contributed by atoms with Gasteiger partial charge in [-0.3, -0.25) is 5.43 Å². The Balaban J connectivity index is 2.18. The number of nitrogens with two attached hydrogens (primary N) is 1. The highest BCUT2D eigenvalue weighted by atomic mass is 32.1. The summed E-state index contributed by atoms with van der Waals surface area (Å²) < 4.78 is 36.2. The van der Waals surface area contributed by atoms with Gasteiger partial charge in [-0.05, 0) is 11.4 Å². The summed E-state index contributed by atoms with van der Waals surface area (Å²) in [7, 11) is 0. The molecule has 2 rings (SSSR count). The van der Waals surface area contributed by atoms with Crippen molar-refractivity contribution in [1.82, 2.24) is 9.97 Å². The summed E-state index contributed by atoms with van der Waals surface area (Å²) in [5, 5.41) is 5.11. The van der Waals surface area contributed by atoms with Gasteiger partial charge in [-0.2, -0.15) is 18.2 Å². The van der Waals surface area contributed by atoms with E-state index in [1.807, 2.05) is 0 Å². The van der Waals surface area contributed by atoms with Crippen molar-refractivity contribution in [3.63, 3.8) is 0 Å². The van der Waals surface area contributed by atoms with Crippen molar-refractivity contribution in [1.29, 1.82) is 0 Å². The summed E-state index contributed by atoms with van der Waals surface area (Å²) in [4.78, 5) is 8.73. The van der Waals surface area contributed by atoms with Crippen molar-refractivity contribution >= 4 is 33.3 Å². The molecule has 0 atom stereocenters. The maximum absolute atomic E-state index is 12.1. The van der Waals surface area contributed by atoms with E-state index >= 15 is 0 Å². The lowest BCUT2D eigenvalue weighted by Gasteiger charge is -2.10. The zero-order chi connectivity index (χ0) is 13.2. The molecule has 0 unspecified atom stereocenters. The average molecular weight is 277 g/mol. The lowest BCUT2D eigenvalue weighted by Crippen LogP contribution is -2.16. The van der Waals surface area contributed by atoms with Gasteiger partial charge in [0, 0.05) is 6.54 Å². The van der Waals surface area contributed by atoms with E-state index in [-0.39, 0.29) is 12.5 Å². The van der Waals surface area contributed by atoms with Crippen LogP contribution in [0.25, 0.3) is 10.2 Å². The summed E-state index contributed by atoms with van der Waals surface area (Å²) in [6, 6.07) is 1.75. The van der Waals surface area contributed by atoms with Crippen molar-refractivity contribution in [2.45, 2.75) is 12.6 Å². The van der Waals surface area contributed by atoms with Crippen LogP contribution in [-0.4, -0.2) is 22.7 Å². The summed E-state index contributed by atoms with van der Waals surface area (Å²) >= 11 is 1.36. The van der Waals surface area contributed by atoms with Crippen LogP contribution >= 0.6 is 11.3 Å². The van der Waals surface area contributed by atoms with Crippen LogP contribution in [0.1, 0.15) is 6.42 Å². The molecule has 18 heavy (non-hydrogen) atoms. The van der Waals surface area contributed by atoms with Crippen LogP contribution in [0, 0.1) is 0 Å². The number of halogens is 3. The van der Waals surface area contributed by atoms with Gasteiger partial charge in [-0.15, -0.1) is 11.3 Å². The number of thiophene rings is 1. The number of hydrazine groups is 1. The van der Waals surface area contributed by atoms with Gasteiger partial charge in [0.05, 0.1) is 11.8 Å². The number of anilines is 2. The standard InChI is InChI=1S/C9H10F3N5S/c10-9(11,12)2-3-14-6-5-1-4-18-7(5)16-8(15-6)17-13/h1,4H,2-3,13H2,(H2,14,15,16,17). The molecule has 0 aromatic carbocycles. The second-order valence-electron chi connectivity index (χ2n) is 3.47. The molecular formula is C9H10F3N5S. The maximum Gasteiger partial charge on any atom is 0.390 e. The van der Waals surface area contributed by atoms with E-state index in [1.165, 1.54) is 11.3 Å². The van der Waals surface area contributed by atoms with Crippen LogP contribution in [0.4, 0.5) is 24.9 Å². The Labute approximate surface area is 104 Å². The van der Waals surface area contributed by atoms with Crippen molar-refractivity contribution < 1.29 is 13.2 Å². The van der Waals surface area contributed by atoms with Gasteiger partial charge in [-0.1, -0.05) is 0 Å². The van der Waals surface area contributed by atoms with E-state index in [1.54, 1.807) is 11.4 Å². The summed E-state index contributed by atoms with van der Waals surface area (Å²) in [5.41, 5.74) is 2.28. The van der Waals surface area contributed by atoms with Gasteiger partial charge in [-0.25, -0.2) is 10.8 Å². The van der Waals surface area contributed by atoms with E-state index in [9.17, 15) is 13.2 Å². The summed E-state index contributed by atoms with van der Waals surface area (Å²) in [6.45, 7) is -0.241. The number of nitrogens with one attached hydrogen (secondary N) is 2. The summed E-state index contributed by atoms with van der Waals surface area (Å²) in [5.74, 6) is 5.71. The van der Waals surface area contributed by atoms with Crippen LogP contribution in [0.2, 0.25) is 0 Å². The first-order chi connectivity index (χ1) is 8.49. The molecule has 0 amide bonds. The minimum atomic E-state index is -4.19. The number of rotatable bonds is 4. The Morgan fingerprint density at radius 2 is 2.11 bits per heavy atom. The van der Waals surface area contributed by atoms with Gasteiger partial charge in [0.1, 0.15) is 10.6 Å². The van der Waals surface area contributed by atoms with E-state index in [0.717, 1.165) is 0 Å². The maximum atomic E-state index is 12.1. The van der Waals surface area contributed by atoms with Crippen LogP contribution < -0.4 is 16.6 Å². The molecule has 5 nitrogen and oxygen atoms in total. The second-order valence-corrected chi connectivity index (χ2v) is 4.37. The molecule has 0 saturated carbocycles. The lowest BCUT2D eigenvalue weighted by molar-refractivity contribution is -0.131. The quantitative estimate of drug-likeness (QED) is 0.590. The van der Waals surface area contributed by atoms with Crippen LogP contribution in [0.5, 0.6) is 0 Å².